The van der Waals surface area contributed by atoms with Crippen LogP contribution in [0.1, 0.15) is 31.4 Å². The summed E-state index contributed by atoms with van der Waals surface area (Å²) in [7, 11) is 1.83. The number of hydrogen-bond donors (Lipinski definition) is 3. The Labute approximate surface area is 229 Å². The summed E-state index contributed by atoms with van der Waals surface area (Å²) in [6.45, 7) is 3.26. The smallest absolute Gasteiger partial charge is 0.322 e. The van der Waals surface area contributed by atoms with Crippen LogP contribution in [-0.4, -0.2) is 80.1 Å². The number of amides is 2. The van der Waals surface area contributed by atoms with Gasteiger partial charge < -0.3 is 20.6 Å². The molecule has 40 heavy (non-hydrogen) atoms. The van der Waals surface area contributed by atoms with Crippen LogP contribution in [0.2, 0.25) is 0 Å². The van der Waals surface area contributed by atoms with Crippen molar-refractivity contribution in [2.45, 2.75) is 32.2 Å². The SMILES string of the molecule is CC(=O)N1CCC(c2nn(CCNCC(=O)NCC(=O)O)c3cccc(-c4cc5c(cnn5C)cc4F)c23)CC1. The molecule has 2 aromatic heterocycles. The van der Waals surface area contributed by atoms with Gasteiger partial charge in [0.05, 0.1) is 36.0 Å². The molecule has 5 rings (SSSR count). The largest absolute Gasteiger partial charge is 0.480 e. The lowest BCUT2D eigenvalue weighted by atomic mass is 9.89. The van der Waals surface area contributed by atoms with Gasteiger partial charge in [-0.3, -0.25) is 23.7 Å². The number of benzene rings is 2. The highest BCUT2D eigenvalue weighted by atomic mass is 19.1. The third-order valence-corrected chi connectivity index (χ3v) is 7.48. The van der Waals surface area contributed by atoms with Crippen LogP contribution < -0.4 is 10.6 Å². The number of fused-ring (bicyclic) bond motifs is 2. The quantitative estimate of drug-likeness (QED) is 0.273. The van der Waals surface area contributed by atoms with Gasteiger partial charge in [0.2, 0.25) is 11.8 Å². The molecule has 3 heterocycles. The van der Waals surface area contributed by atoms with E-state index in [0.29, 0.717) is 31.7 Å². The molecule has 2 aromatic carbocycles. The molecule has 12 heteroatoms. The fourth-order valence-electron chi connectivity index (χ4n) is 5.41. The number of carboxylic acids is 1. The fourth-order valence-corrected chi connectivity index (χ4v) is 5.41. The number of nitrogens with zero attached hydrogens (tertiary/aromatic N) is 5. The number of aryl methyl sites for hydroxylation is 1. The maximum absolute atomic E-state index is 15.5. The summed E-state index contributed by atoms with van der Waals surface area (Å²) in [5, 5.41) is 24.9. The van der Waals surface area contributed by atoms with E-state index >= 15 is 4.39 Å². The van der Waals surface area contributed by atoms with Crippen LogP contribution in [0.25, 0.3) is 32.9 Å². The lowest BCUT2D eigenvalue weighted by molar-refractivity contribution is -0.137. The number of rotatable bonds is 9. The topological polar surface area (TPSA) is 134 Å². The van der Waals surface area contributed by atoms with Gasteiger partial charge in [0, 0.05) is 55.9 Å². The van der Waals surface area contributed by atoms with Gasteiger partial charge in [-0.15, -0.1) is 0 Å². The van der Waals surface area contributed by atoms with E-state index in [4.69, 9.17) is 10.2 Å². The van der Waals surface area contributed by atoms with E-state index in [1.807, 2.05) is 40.9 Å². The Balaban J connectivity index is 1.49. The maximum Gasteiger partial charge on any atom is 0.322 e. The Morgan fingerprint density at radius 2 is 1.88 bits per heavy atom. The first-order chi connectivity index (χ1) is 19.2. The predicted octanol–water partition coefficient (Wildman–Crippen LogP) is 2.25. The molecule has 0 spiro atoms. The van der Waals surface area contributed by atoms with Crippen molar-refractivity contribution in [1.29, 1.82) is 0 Å². The van der Waals surface area contributed by atoms with Crippen LogP contribution in [0.5, 0.6) is 0 Å². The number of halogens is 1. The van der Waals surface area contributed by atoms with E-state index in [1.165, 1.54) is 6.07 Å². The summed E-state index contributed by atoms with van der Waals surface area (Å²) in [4.78, 5) is 36.3. The molecule has 0 unspecified atom stereocenters. The van der Waals surface area contributed by atoms with E-state index in [-0.39, 0.29) is 24.2 Å². The Morgan fingerprint density at radius 1 is 1.10 bits per heavy atom. The Hall–Kier alpha value is -4.32. The highest BCUT2D eigenvalue weighted by molar-refractivity contribution is 5.99. The number of carboxylic acid groups (broad SMARTS) is 1. The van der Waals surface area contributed by atoms with Crippen LogP contribution in [0.3, 0.4) is 0 Å². The Bertz CT molecular complexity index is 1590. The average molecular weight is 550 g/mol. The van der Waals surface area contributed by atoms with E-state index in [9.17, 15) is 14.4 Å². The van der Waals surface area contributed by atoms with Crippen molar-refractivity contribution in [2.24, 2.45) is 7.05 Å². The van der Waals surface area contributed by atoms with Crippen LogP contribution >= 0.6 is 0 Å². The molecule has 0 aliphatic carbocycles. The molecule has 1 aliphatic heterocycles. The summed E-state index contributed by atoms with van der Waals surface area (Å²) in [6, 6.07) is 9.08. The molecule has 0 saturated carbocycles. The molecule has 0 atom stereocenters. The minimum absolute atomic E-state index is 0.0238. The fraction of sp³-hybridized carbons (Fsp3) is 0.393. The first-order valence-corrected chi connectivity index (χ1v) is 13.3. The van der Waals surface area contributed by atoms with Crippen LogP contribution in [0, 0.1) is 5.82 Å². The van der Waals surface area contributed by atoms with Crippen molar-refractivity contribution >= 4 is 39.6 Å². The van der Waals surface area contributed by atoms with E-state index in [2.05, 4.69) is 15.7 Å². The second-order valence-electron chi connectivity index (χ2n) is 10.1. The highest BCUT2D eigenvalue weighted by Gasteiger charge is 2.28. The molecule has 4 aromatic rings. The van der Waals surface area contributed by atoms with Crippen LogP contribution in [-0.2, 0) is 28.0 Å². The summed E-state index contributed by atoms with van der Waals surface area (Å²) < 4.78 is 19.1. The third-order valence-electron chi connectivity index (χ3n) is 7.48. The van der Waals surface area contributed by atoms with Gasteiger partial charge in [0.1, 0.15) is 12.4 Å². The number of nitrogens with one attached hydrogen (secondary N) is 2. The zero-order chi connectivity index (χ0) is 28.4. The molecule has 1 aliphatic rings. The molecule has 1 saturated heterocycles. The lowest BCUT2D eigenvalue weighted by Gasteiger charge is -2.30. The van der Waals surface area contributed by atoms with Crippen LogP contribution in [0.4, 0.5) is 4.39 Å². The van der Waals surface area contributed by atoms with Crippen molar-refractivity contribution < 1.29 is 23.9 Å². The number of likely N-dealkylation sites (tertiary alicyclic amines) is 1. The first kappa shape index (κ1) is 27.3. The monoisotopic (exact) mass is 549 g/mol. The molecule has 11 nitrogen and oxygen atoms in total. The number of piperidine rings is 1. The van der Waals surface area contributed by atoms with Crippen molar-refractivity contribution in [3.05, 3.63) is 48.0 Å². The Morgan fingerprint density at radius 3 is 2.60 bits per heavy atom. The van der Waals surface area contributed by atoms with E-state index < -0.39 is 18.4 Å². The third kappa shape index (κ3) is 5.53. The molecular weight excluding hydrogens is 517 g/mol. The number of hydrogen-bond acceptors (Lipinski definition) is 6. The second kappa shape index (κ2) is 11.4. The predicted molar refractivity (Wildman–Crippen MR) is 147 cm³/mol. The highest BCUT2D eigenvalue weighted by Crippen LogP contribution is 2.39. The summed E-state index contributed by atoms with van der Waals surface area (Å²) in [5.74, 6) is -1.70. The second-order valence-corrected chi connectivity index (χ2v) is 10.1. The van der Waals surface area contributed by atoms with Crippen molar-refractivity contribution in [3.8, 4) is 11.1 Å². The van der Waals surface area contributed by atoms with Gasteiger partial charge in [-0.2, -0.15) is 10.2 Å². The standard InChI is InChI=1S/C28H32FN7O4/c1-17(37)35-9-6-18(7-10-35)28-27-20(21-13-24-19(12-22(21)29)14-32-34(24)2)4-3-5-23(27)36(33-28)11-8-30-15-25(38)31-16-26(39)40/h3-5,12-14,18,30H,6-11,15-16H2,1-2H3,(H,31,38)(H,39,40). The van der Waals surface area contributed by atoms with Crippen molar-refractivity contribution in [1.82, 2.24) is 35.1 Å². The van der Waals surface area contributed by atoms with Gasteiger partial charge in [0.25, 0.3) is 0 Å². The zero-order valence-corrected chi connectivity index (χ0v) is 22.5. The molecule has 1 fully saturated rings. The minimum atomic E-state index is -1.10. The summed E-state index contributed by atoms with van der Waals surface area (Å²) in [6.07, 6.45) is 3.15. The molecule has 3 N–H and O–H groups in total. The van der Waals surface area contributed by atoms with E-state index in [0.717, 1.165) is 45.9 Å². The number of aromatic nitrogens is 4. The normalized spacial score (nSPS) is 14.2. The van der Waals surface area contributed by atoms with Gasteiger partial charge in [-0.05, 0) is 36.6 Å². The minimum Gasteiger partial charge on any atom is -0.480 e. The number of carbonyl (C=O) groups excluding carboxylic acids is 2. The molecule has 0 radical (unpaired) electrons. The van der Waals surface area contributed by atoms with E-state index in [1.54, 1.807) is 17.8 Å². The van der Waals surface area contributed by atoms with Crippen molar-refractivity contribution in [3.63, 3.8) is 0 Å². The van der Waals surface area contributed by atoms with Gasteiger partial charge in [-0.1, -0.05) is 12.1 Å². The lowest BCUT2D eigenvalue weighted by Crippen LogP contribution is -2.37. The average Bonchev–Trinajstić information content (AvgIpc) is 3.49. The maximum atomic E-state index is 15.5. The summed E-state index contributed by atoms with van der Waals surface area (Å²) >= 11 is 0. The Kier molecular flexibility index (Phi) is 7.78. The van der Waals surface area contributed by atoms with Gasteiger partial charge >= 0.3 is 5.97 Å². The summed E-state index contributed by atoms with van der Waals surface area (Å²) in [5.41, 5.74) is 3.76. The number of carbonyl (C=O) groups is 3. The molecule has 0 bridgehead atoms. The zero-order valence-electron chi connectivity index (χ0n) is 22.5. The molecular formula is C28H32FN7O4. The van der Waals surface area contributed by atoms with Gasteiger partial charge in [0.15, 0.2) is 0 Å². The van der Waals surface area contributed by atoms with Crippen LogP contribution in [0.15, 0.2) is 36.5 Å². The molecule has 210 valence electrons. The number of aliphatic carboxylic acids is 1. The first-order valence-electron chi connectivity index (χ1n) is 13.3. The van der Waals surface area contributed by atoms with Gasteiger partial charge in [-0.25, -0.2) is 4.39 Å². The molecule has 2 amide bonds. The van der Waals surface area contributed by atoms with Crippen molar-refractivity contribution in [2.75, 3.05) is 32.7 Å².